The van der Waals surface area contributed by atoms with Crippen molar-refractivity contribution in [3.8, 4) is 17.4 Å². The quantitative estimate of drug-likeness (QED) is 0.784. The number of benzene rings is 2. The summed E-state index contributed by atoms with van der Waals surface area (Å²) in [6.07, 6.45) is 1.59. The summed E-state index contributed by atoms with van der Waals surface area (Å²) in [4.78, 5) is 12.5. The van der Waals surface area contributed by atoms with Gasteiger partial charge in [0.2, 0.25) is 0 Å². The highest BCUT2D eigenvalue weighted by atomic mass is 16.5. The summed E-state index contributed by atoms with van der Waals surface area (Å²) < 4.78 is 5.46. The fourth-order valence-electron chi connectivity index (χ4n) is 2.97. The van der Waals surface area contributed by atoms with E-state index in [4.69, 9.17) is 9.78 Å². The summed E-state index contributed by atoms with van der Waals surface area (Å²) in [5.41, 5.74) is 4.54. The van der Waals surface area contributed by atoms with Crippen LogP contribution in [0.3, 0.4) is 0 Å². The molecule has 1 N–H and O–H groups in total. The number of nitriles is 1. The zero-order valence-electron chi connectivity index (χ0n) is 12.7. The normalized spacial score (nSPS) is 12.0. The largest absolute Gasteiger partial charge is 0.355 e. The smallest absolute Gasteiger partial charge is 0.278 e. The topological polar surface area (TPSA) is 78.9 Å². The molecule has 1 aliphatic carbocycles. The Hall–Kier alpha value is -3.39. The number of anilines is 1. The van der Waals surface area contributed by atoms with Crippen LogP contribution in [0.2, 0.25) is 0 Å². The monoisotopic (exact) mass is 315 g/mol. The van der Waals surface area contributed by atoms with Crippen molar-refractivity contribution in [2.24, 2.45) is 0 Å². The molecule has 0 fully saturated rings. The van der Waals surface area contributed by atoms with E-state index in [2.05, 4.69) is 16.5 Å². The highest BCUT2D eigenvalue weighted by Gasteiger charge is 2.27. The van der Waals surface area contributed by atoms with E-state index >= 15 is 0 Å². The average molecular weight is 315 g/mol. The van der Waals surface area contributed by atoms with Gasteiger partial charge in [-0.3, -0.25) is 4.79 Å². The number of hydrogen-bond acceptors (Lipinski definition) is 4. The van der Waals surface area contributed by atoms with Crippen LogP contribution in [-0.2, 0) is 12.8 Å². The van der Waals surface area contributed by atoms with E-state index in [9.17, 15) is 4.79 Å². The Labute approximate surface area is 138 Å². The van der Waals surface area contributed by atoms with Crippen molar-refractivity contribution in [1.29, 1.82) is 5.26 Å². The van der Waals surface area contributed by atoms with Gasteiger partial charge in [0.15, 0.2) is 11.5 Å². The number of nitrogens with zero attached hydrogens (tertiary/aromatic N) is 2. The third-order valence-corrected chi connectivity index (χ3v) is 4.18. The van der Waals surface area contributed by atoms with Crippen LogP contribution in [0.25, 0.3) is 11.3 Å². The van der Waals surface area contributed by atoms with Crippen LogP contribution < -0.4 is 5.32 Å². The molecule has 4 rings (SSSR count). The van der Waals surface area contributed by atoms with Crippen molar-refractivity contribution in [3.05, 3.63) is 70.9 Å². The predicted octanol–water partition coefficient (Wildman–Crippen LogP) is 3.56. The number of hydrogen-bond donors (Lipinski definition) is 1. The summed E-state index contributed by atoms with van der Waals surface area (Å²) in [6, 6.07) is 16.7. The Kier molecular flexibility index (Phi) is 3.36. The first-order valence-corrected chi connectivity index (χ1v) is 7.64. The van der Waals surface area contributed by atoms with Gasteiger partial charge in [-0.25, -0.2) is 0 Å². The van der Waals surface area contributed by atoms with Gasteiger partial charge in [0.1, 0.15) is 0 Å². The molecule has 0 radical (unpaired) electrons. The van der Waals surface area contributed by atoms with Crippen molar-refractivity contribution in [1.82, 2.24) is 5.16 Å². The second kappa shape index (κ2) is 5.67. The van der Waals surface area contributed by atoms with Gasteiger partial charge >= 0.3 is 0 Å². The predicted molar refractivity (Wildman–Crippen MR) is 88.5 cm³/mol. The Balaban J connectivity index is 1.63. The number of nitrogens with one attached hydrogen (secondary N) is 1. The molecule has 5 nitrogen and oxygen atoms in total. The molecule has 1 aromatic heterocycles. The van der Waals surface area contributed by atoms with Crippen LogP contribution in [-0.4, -0.2) is 11.1 Å². The molecule has 0 aliphatic heterocycles. The van der Waals surface area contributed by atoms with Gasteiger partial charge in [-0.15, -0.1) is 0 Å². The third-order valence-electron chi connectivity index (χ3n) is 4.18. The molecule has 1 heterocycles. The maximum atomic E-state index is 12.5. The van der Waals surface area contributed by atoms with E-state index < -0.39 is 0 Å². The molecular weight excluding hydrogens is 302 g/mol. The molecule has 0 saturated heterocycles. The molecule has 24 heavy (non-hydrogen) atoms. The van der Waals surface area contributed by atoms with Crippen LogP contribution in [0.1, 0.15) is 27.2 Å². The number of amides is 1. The first-order valence-electron chi connectivity index (χ1n) is 7.64. The lowest BCUT2D eigenvalue weighted by Crippen LogP contribution is -2.15. The second-order valence-corrected chi connectivity index (χ2v) is 5.64. The molecule has 0 bridgehead atoms. The molecule has 2 aromatic carbocycles. The fraction of sp³-hybridized carbons (Fsp3) is 0.105. The highest BCUT2D eigenvalue weighted by Crippen LogP contribution is 2.35. The number of carbonyl (C=O) groups excluding carboxylic acids is 1. The second-order valence-electron chi connectivity index (χ2n) is 5.64. The number of fused-ring (bicyclic) bond motifs is 3. The Morgan fingerprint density at radius 1 is 1.12 bits per heavy atom. The number of aryl methyl sites for hydroxylation is 1. The first kappa shape index (κ1) is 14.2. The number of carbonyl (C=O) groups is 1. The molecular formula is C19H13N3O2. The molecule has 1 aliphatic rings. The summed E-state index contributed by atoms with van der Waals surface area (Å²) in [5.74, 6) is 0.380. The van der Waals surface area contributed by atoms with Gasteiger partial charge in [-0.1, -0.05) is 29.4 Å². The van der Waals surface area contributed by atoms with E-state index in [-0.39, 0.29) is 5.91 Å². The summed E-state index contributed by atoms with van der Waals surface area (Å²) in [5, 5.41) is 15.6. The molecule has 3 aromatic rings. The van der Waals surface area contributed by atoms with Gasteiger partial charge in [-0.2, -0.15) is 5.26 Å². The molecule has 0 saturated carbocycles. The fourth-order valence-corrected chi connectivity index (χ4v) is 2.97. The van der Waals surface area contributed by atoms with E-state index in [0.717, 1.165) is 24.0 Å². The van der Waals surface area contributed by atoms with Crippen molar-refractivity contribution in [2.75, 3.05) is 5.32 Å². The van der Waals surface area contributed by atoms with E-state index in [0.29, 0.717) is 22.7 Å². The minimum absolute atomic E-state index is 0.302. The van der Waals surface area contributed by atoms with Gasteiger partial charge in [0, 0.05) is 16.8 Å². The maximum Gasteiger partial charge on any atom is 0.278 e. The summed E-state index contributed by atoms with van der Waals surface area (Å²) in [7, 11) is 0. The van der Waals surface area contributed by atoms with Crippen LogP contribution in [0, 0.1) is 11.3 Å². The van der Waals surface area contributed by atoms with E-state index in [1.807, 2.05) is 24.3 Å². The Morgan fingerprint density at radius 2 is 1.92 bits per heavy atom. The lowest BCUT2D eigenvalue weighted by molar-refractivity contribution is 0.101. The third kappa shape index (κ3) is 2.34. The summed E-state index contributed by atoms with van der Waals surface area (Å²) >= 11 is 0. The van der Waals surface area contributed by atoms with Crippen LogP contribution in [0.4, 0.5) is 5.69 Å². The Morgan fingerprint density at radius 3 is 2.71 bits per heavy atom. The lowest BCUT2D eigenvalue weighted by atomic mass is 9.89. The molecule has 0 unspecified atom stereocenters. The van der Waals surface area contributed by atoms with Gasteiger partial charge in [0.05, 0.1) is 11.6 Å². The van der Waals surface area contributed by atoms with Crippen molar-refractivity contribution in [3.63, 3.8) is 0 Å². The molecule has 0 spiro atoms. The number of aromatic nitrogens is 1. The van der Waals surface area contributed by atoms with Crippen LogP contribution in [0.5, 0.6) is 0 Å². The average Bonchev–Trinajstić information content (AvgIpc) is 3.07. The van der Waals surface area contributed by atoms with E-state index in [1.165, 1.54) is 5.56 Å². The van der Waals surface area contributed by atoms with Gasteiger partial charge in [0.25, 0.3) is 5.91 Å². The zero-order valence-corrected chi connectivity index (χ0v) is 12.7. The number of rotatable bonds is 2. The van der Waals surface area contributed by atoms with Gasteiger partial charge in [-0.05, 0) is 42.7 Å². The highest BCUT2D eigenvalue weighted by molar-refractivity contribution is 6.04. The molecule has 0 atom stereocenters. The van der Waals surface area contributed by atoms with Crippen molar-refractivity contribution < 1.29 is 9.32 Å². The maximum absolute atomic E-state index is 12.5. The molecule has 1 amide bonds. The van der Waals surface area contributed by atoms with Gasteiger partial charge < -0.3 is 9.84 Å². The SMILES string of the molecule is N#Cc1ccc(NC(=O)c2noc3c2CCc2ccccc2-3)cc1. The standard InChI is InChI=1S/C19H13N3O2/c20-11-12-5-8-14(9-6-12)21-19(23)17-16-10-7-13-3-1-2-4-15(13)18(16)24-22-17/h1-6,8-9H,7,10H2,(H,21,23). The van der Waals surface area contributed by atoms with Crippen molar-refractivity contribution >= 4 is 11.6 Å². The molecule has 116 valence electrons. The first-order chi connectivity index (χ1) is 11.8. The Bertz CT molecular complexity index is 965. The van der Waals surface area contributed by atoms with Crippen molar-refractivity contribution in [2.45, 2.75) is 12.8 Å². The van der Waals surface area contributed by atoms with Crippen LogP contribution >= 0.6 is 0 Å². The minimum atomic E-state index is -0.302. The molecule has 5 heteroatoms. The van der Waals surface area contributed by atoms with E-state index in [1.54, 1.807) is 24.3 Å². The summed E-state index contributed by atoms with van der Waals surface area (Å²) in [6.45, 7) is 0. The lowest BCUT2D eigenvalue weighted by Gasteiger charge is -2.14. The van der Waals surface area contributed by atoms with Crippen LogP contribution in [0.15, 0.2) is 53.1 Å². The zero-order chi connectivity index (χ0) is 16.5. The minimum Gasteiger partial charge on any atom is -0.355 e.